The first-order valence-corrected chi connectivity index (χ1v) is 10.0. The Kier molecular flexibility index (Phi) is 5.69. The van der Waals surface area contributed by atoms with Crippen molar-refractivity contribution < 1.29 is 14.3 Å². The fourth-order valence-corrected chi connectivity index (χ4v) is 3.69. The van der Waals surface area contributed by atoms with Crippen LogP contribution in [-0.2, 0) is 4.79 Å². The van der Waals surface area contributed by atoms with Crippen LogP contribution in [0.25, 0.3) is 0 Å². The van der Waals surface area contributed by atoms with Gasteiger partial charge in [-0.2, -0.15) is 0 Å². The molecule has 150 valence electrons. The van der Waals surface area contributed by atoms with Gasteiger partial charge in [-0.25, -0.2) is 0 Å². The number of ether oxygens (including phenoxy) is 2. The number of amides is 1. The average Bonchev–Trinajstić information content (AvgIpc) is 2.60. The highest BCUT2D eigenvalue weighted by atomic mass is 16.5. The third kappa shape index (κ3) is 4.49. The third-order valence-corrected chi connectivity index (χ3v) is 5.16. The predicted molar refractivity (Wildman–Crippen MR) is 112 cm³/mol. The molecule has 0 bridgehead atoms. The molecule has 1 heterocycles. The summed E-state index contributed by atoms with van der Waals surface area (Å²) in [6, 6.07) is 13.9. The van der Waals surface area contributed by atoms with E-state index in [9.17, 15) is 4.79 Å². The summed E-state index contributed by atoms with van der Waals surface area (Å²) in [4.78, 5) is 12.9. The van der Waals surface area contributed by atoms with Gasteiger partial charge in [0.25, 0.3) is 5.91 Å². The van der Waals surface area contributed by atoms with Gasteiger partial charge in [-0.3, -0.25) is 4.79 Å². The molecule has 4 heteroatoms. The van der Waals surface area contributed by atoms with Crippen molar-refractivity contribution in [3.63, 3.8) is 0 Å². The van der Waals surface area contributed by atoms with Crippen molar-refractivity contribution in [1.82, 2.24) is 5.32 Å². The zero-order chi connectivity index (χ0) is 20.5. The van der Waals surface area contributed by atoms with E-state index >= 15 is 0 Å². The lowest BCUT2D eigenvalue weighted by Gasteiger charge is -2.38. The van der Waals surface area contributed by atoms with Crippen LogP contribution in [0.15, 0.2) is 42.5 Å². The van der Waals surface area contributed by atoms with Crippen LogP contribution in [0.4, 0.5) is 0 Å². The average molecular weight is 382 g/mol. The molecule has 0 saturated heterocycles. The van der Waals surface area contributed by atoms with Crippen molar-refractivity contribution in [1.29, 1.82) is 0 Å². The van der Waals surface area contributed by atoms with Crippen molar-refractivity contribution in [2.24, 2.45) is 0 Å². The molecule has 0 saturated carbocycles. The molecule has 0 unspecified atom stereocenters. The van der Waals surface area contributed by atoms with E-state index in [0.29, 0.717) is 12.3 Å². The molecular formula is C24H31NO3. The van der Waals surface area contributed by atoms with Gasteiger partial charge in [0.05, 0.1) is 6.04 Å². The van der Waals surface area contributed by atoms with E-state index in [-0.39, 0.29) is 17.6 Å². The van der Waals surface area contributed by atoms with Gasteiger partial charge in [-0.1, -0.05) is 44.2 Å². The largest absolute Gasteiger partial charge is 0.487 e. The van der Waals surface area contributed by atoms with Crippen molar-refractivity contribution in [2.75, 3.05) is 0 Å². The van der Waals surface area contributed by atoms with Gasteiger partial charge in [-0.05, 0) is 56.9 Å². The van der Waals surface area contributed by atoms with Crippen LogP contribution in [0, 0.1) is 6.92 Å². The number of fused-ring (bicyclic) bond motifs is 1. The fraction of sp³-hybridized carbons (Fsp3) is 0.458. The molecule has 2 aromatic carbocycles. The molecule has 28 heavy (non-hydrogen) atoms. The topological polar surface area (TPSA) is 47.6 Å². The Morgan fingerprint density at radius 2 is 1.89 bits per heavy atom. The minimum atomic E-state index is -0.584. The molecule has 2 aromatic rings. The van der Waals surface area contributed by atoms with Crippen molar-refractivity contribution in [3.05, 3.63) is 59.2 Å². The Bertz CT molecular complexity index is 857. The van der Waals surface area contributed by atoms with Crippen LogP contribution in [-0.4, -0.2) is 17.6 Å². The van der Waals surface area contributed by atoms with E-state index in [1.165, 1.54) is 0 Å². The van der Waals surface area contributed by atoms with E-state index < -0.39 is 6.10 Å². The van der Waals surface area contributed by atoms with Gasteiger partial charge in [0.1, 0.15) is 17.1 Å². The summed E-state index contributed by atoms with van der Waals surface area (Å²) >= 11 is 0. The molecule has 0 spiro atoms. The molecule has 3 rings (SSSR count). The Morgan fingerprint density at radius 1 is 1.18 bits per heavy atom. The second-order valence-electron chi connectivity index (χ2n) is 8.62. The van der Waals surface area contributed by atoms with Gasteiger partial charge >= 0.3 is 0 Å². The number of hydrogen-bond acceptors (Lipinski definition) is 3. The van der Waals surface area contributed by atoms with E-state index in [1.807, 2.05) is 43.3 Å². The number of aryl methyl sites for hydroxylation is 1. The molecule has 2 atom stereocenters. The van der Waals surface area contributed by atoms with E-state index in [4.69, 9.17) is 9.47 Å². The lowest BCUT2D eigenvalue weighted by molar-refractivity contribution is -0.128. The molecular weight excluding hydrogens is 350 g/mol. The van der Waals surface area contributed by atoms with Gasteiger partial charge in [0.2, 0.25) is 0 Å². The number of nitrogens with one attached hydrogen (secondary N) is 1. The van der Waals surface area contributed by atoms with Crippen LogP contribution in [0.2, 0.25) is 0 Å². The minimum Gasteiger partial charge on any atom is -0.487 e. The predicted octanol–water partition coefficient (Wildman–Crippen LogP) is 5.30. The maximum atomic E-state index is 12.9. The summed E-state index contributed by atoms with van der Waals surface area (Å²) in [5.41, 5.74) is 2.93. The second-order valence-corrected chi connectivity index (χ2v) is 8.62. The first-order chi connectivity index (χ1) is 13.2. The molecule has 0 fully saturated rings. The SMILES string of the molecule is Cc1ccc2c(c1)OC(C)(C)C[C@H]2NC(=O)[C@@H](C)Oc1ccccc1C(C)C. The second kappa shape index (κ2) is 7.86. The van der Waals surface area contributed by atoms with Gasteiger partial charge in [-0.15, -0.1) is 0 Å². The number of carbonyl (C=O) groups excluding carboxylic acids is 1. The van der Waals surface area contributed by atoms with E-state index in [2.05, 4.69) is 39.1 Å². The smallest absolute Gasteiger partial charge is 0.261 e. The highest BCUT2D eigenvalue weighted by molar-refractivity contribution is 5.81. The summed E-state index contributed by atoms with van der Waals surface area (Å²) in [6.45, 7) is 12.2. The molecule has 0 radical (unpaired) electrons. The molecule has 0 aliphatic carbocycles. The number of para-hydroxylation sites is 1. The summed E-state index contributed by atoms with van der Waals surface area (Å²) < 4.78 is 12.2. The number of hydrogen-bond donors (Lipinski definition) is 1. The molecule has 1 N–H and O–H groups in total. The third-order valence-electron chi connectivity index (χ3n) is 5.16. The van der Waals surface area contributed by atoms with Crippen LogP contribution in [0.5, 0.6) is 11.5 Å². The van der Waals surface area contributed by atoms with Crippen molar-refractivity contribution in [3.8, 4) is 11.5 Å². The summed E-state index contributed by atoms with van der Waals surface area (Å²) in [6.07, 6.45) is 0.129. The summed E-state index contributed by atoms with van der Waals surface area (Å²) in [5.74, 6) is 1.83. The first-order valence-electron chi connectivity index (χ1n) is 10.0. The van der Waals surface area contributed by atoms with E-state index in [0.717, 1.165) is 28.2 Å². The Hall–Kier alpha value is -2.49. The Labute approximate surface area is 168 Å². The fourth-order valence-electron chi connectivity index (χ4n) is 3.69. The zero-order valence-electron chi connectivity index (χ0n) is 17.7. The van der Waals surface area contributed by atoms with Crippen LogP contribution in [0.3, 0.4) is 0 Å². The molecule has 1 amide bonds. The van der Waals surface area contributed by atoms with Crippen molar-refractivity contribution in [2.45, 2.75) is 71.6 Å². The van der Waals surface area contributed by atoms with Crippen LogP contribution >= 0.6 is 0 Å². The van der Waals surface area contributed by atoms with Gasteiger partial charge < -0.3 is 14.8 Å². The monoisotopic (exact) mass is 381 g/mol. The van der Waals surface area contributed by atoms with Crippen molar-refractivity contribution >= 4 is 5.91 Å². The number of rotatable bonds is 5. The number of carbonyl (C=O) groups is 1. The lowest BCUT2D eigenvalue weighted by Crippen LogP contribution is -2.44. The normalized spacial score (nSPS) is 18.8. The Balaban J connectivity index is 1.76. The quantitative estimate of drug-likeness (QED) is 0.764. The molecule has 4 nitrogen and oxygen atoms in total. The highest BCUT2D eigenvalue weighted by Crippen LogP contribution is 2.40. The van der Waals surface area contributed by atoms with E-state index in [1.54, 1.807) is 6.92 Å². The number of benzene rings is 2. The standard InChI is InChI=1S/C24H31NO3/c1-15(2)18-9-7-8-10-21(18)27-17(4)23(26)25-20-14-24(5,6)28-22-13-16(3)11-12-19(20)22/h7-13,15,17,20H,14H2,1-6H3,(H,25,26)/t17-,20-/m1/s1. The minimum absolute atomic E-state index is 0.0988. The molecule has 1 aliphatic heterocycles. The Morgan fingerprint density at radius 3 is 2.61 bits per heavy atom. The summed E-state index contributed by atoms with van der Waals surface area (Å²) in [5, 5.41) is 3.17. The van der Waals surface area contributed by atoms with Crippen LogP contribution < -0.4 is 14.8 Å². The summed E-state index contributed by atoms with van der Waals surface area (Å²) in [7, 11) is 0. The van der Waals surface area contributed by atoms with Gasteiger partial charge in [0.15, 0.2) is 6.10 Å². The maximum Gasteiger partial charge on any atom is 0.261 e. The lowest BCUT2D eigenvalue weighted by atomic mass is 9.89. The first kappa shape index (κ1) is 20.2. The maximum absolute atomic E-state index is 12.9. The van der Waals surface area contributed by atoms with Crippen LogP contribution in [0.1, 0.15) is 69.7 Å². The molecule has 0 aromatic heterocycles. The zero-order valence-corrected chi connectivity index (χ0v) is 17.7. The van der Waals surface area contributed by atoms with Gasteiger partial charge in [0, 0.05) is 12.0 Å². The molecule has 1 aliphatic rings. The highest BCUT2D eigenvalue weighted by Gasteiger charge is 2.35.